The van der Waals surface area contributed by atoms with Gasteiger partial charge in [0, 0.05) is 53.7 Å². The smallest absolute Gasteiger partial charge is 0.0884 e. The van der Waals surface area contributed by atoms with Crippen molar-refractivity contribution in [2.24, 2.45) is 4.99 Å². The third-order valence-electron chi connectivity index (χ3n) is 6.00. The van der Waals surface area contributed by atoms with Gasteiger partial charge in [-0.1, -0.05) is 18.2 Å². The highest BCUT2D eigenvalue weighted by molar-refractivity contribution is 6.15. The number of aromatic amines is 1. The molecule has 0 saturated heterocycles. The third-order valence-corrected chi connectivity index (χ3v) is 6.00. The Bertz CT molecular complexity index is 1310. The summed E-state index contributed by atoms with van der Waals surface area (Å²) in [5.41, 5.74) is 10.2. The van der Waals surface area contributed by atoms with E-state index < -0.39 is 0 Å². The molecule has 5 nitrogen and oxygen atoms in total. The monoisotopic (exact) mass is 421 g/mol. The Morgan fingerprint density at radius 1 is 1.03 bits per heavy atom. The zero-order valence-electron chi connectivity index (χ0n) is 18.5. The van der Waals surface area contributed by atoms with Gasteiger partial charge in [-0.05, 0) is 73.8 Å². The Morgan fingerprint density at radius 3 is 2.69 bits per heavy atom. The maximum atomic E-state index is 4.93. The normalized spacial score (nSPS) is 14.6. The fourth-order valence-corrected chi connectivity index (χ4v) is 4.36. The van der Waals surface area contributed by atoms with Gasteiger partial charge in [0.05, 0.1) is 17.1 Å². The van der Waals surface area contributed by atoms with E-state index in [0.717, 1.165) is 59.6 Å². The summed E-state index contributed by atoms with van der Waals surface area (Å²) in [5, 5.41) is 4.49. The van der Waals surface area contributed by atoms with Crippen molar-refractivity contribution in [2.45, 2.75) is 20.3 Å². The van der Waals surface area contributed by atoms with E-state index in [1.165, 1.54) is 22.3 Å². The minimum Gasteiger partial charge on any atom is -0.353 e. The molecule has 0 amide bonds. The number of aliphatic imine (C=N–C) groups is 1. The lowest BCUT2D eigenvalue weighted by atomic mass is 9.93. The number of hydrogen-bond donors (Lipinski definition) is 2. The lowest BCUT2D eigenvalue weighted by molar-refractivity contribution is 0.738. The van der Waals surface area contributed by atoms with E-state index in [4.69, 9.17) is 4.99 Å². The molecular weight excluding hydrogens is 394 g/mol. The standard InChI is InChI=1S/C27H27N5/c1-3-30-27(22-16-21(5-4-18(22)2)19-6-11-28-12-7-19)25-17-23-24(32-25)10-15-31-26(23)20-8-13-29-14-9-20/h4-6,8-10,13-17,28,32H,3,7,11-12H2,1-2H3. The van der Waals surface area contributed by atoms with Crippen molar-refractivity contribution in [3.63, 3.8) is 0 Å². The van der Waals surface area contributed by atoms with Crippen LogP contribution in [0.25, 0.3) is 27.7 Å². The fraction of sp³-hybridized carbons (Fsp3) is 0.222. The maximum absolute atomic E-state index is 4.93. The molecule has 5 heteroatoms. The molecule has 0 saturated carbocycles. The molecule has 0 unspecified atom stereocenters. The minimum absolute atomic E-state index is 0.719. The van der Waals surface area contributed by atoms with E-state index in [0.29, 0.717) is 0 Å². The summed E-state index contributed by atoms with van der Waals surface area (Å²) in [5.74, 6) is 0. The van der Waals surface area contributed by atoms with Crippen LogP contribution in [-0.4, -0.2) is 40.3 Å². The van der Waals surface area contributed by atoms with Crippen LogP contribution in [0.1, 0.15) is 35.7 Å². The number of benzene rings is 1. The molecule has 0 fully saturated rings. The molecule has 2 N–H and O–H groups in total. The van der Waals surface area contributed by atoms with Gasteiger partial charge in [-0.2, -0.15) is 0 Å². The quantitative estimate of drug-likeness (QED) is 0.437. The molecule has 1 aliphatic rings. The Labute approximate surface area is 188 Å². The van der Waals surface area contributed by atoms with Gasteiger partial charge in [0.2, 0.25) is 0 Å². The number of H-pyrrole nitrogens is 1. The number of nitrogens with one attached hydrogen (secondary N) is 2. The highest BCUT2D eigenvalue weighted by atomic mass is 14.8. The summed E-state index contributed by atoms with van der Waals surface area (Å²) in [6.45, 7) is 6.92. The predicted octanol–water partition coefficient (Wildman–Crippen LogP) is 5.17. The molecule has 0 bridgehead atoms. The van der Waals surface area contributed by atoms with Crippen molar-refractivity contribution in [1.29, 1.82) is 0 Å². The number of nitrogens with zero attached hydrogens (tertiary/aromatic N) is 3. The van der Waals surface area contributed by atoms with Crippen LogP contribution in [-0.2, 0) is 0 Å². The van der Waals surface area contributed by atoms with Crippen LogP contribution in [0.15, 0.2) is 72.1 Å². The van der Waals surface area contributed by atoms with Gasteiger partial charge in [-0.25, -0.2) is 0 Å². The zero-order chi connectivity index (χ0) is 21.9. The molecule has 0 spiro atoms. The van der Waals surface area contributed by atoms with Gasteiger partial charge in [-0.3, -0.25) is 15.0 Å². The SMILES string of the molecule is CCN=C(c1cc2c(-c3ccncc3)nccc2[nH]1)c1cc(C2=CCNCC2)ccc1C. The third kappa shape index (κ3) is 3.87. The number of aromatic nitrogens is 3. The van der Waals surface area contributed by atoms with Gasteiger partial charge < -0.3 is 10.3 Å². The molecule has 1 aromatic carbocycles. The topological polar surface area (TPSA) is 66.0 Å². The maximum Gasteiger partial charge on any atom is 0.0884 e. The lowest BCUT2D eigenvalue weighted by Gasteiger charge is -2.17. The molecule has 0 atom stereocenters. The highest BCUT2D eigenvalue weighted by Gasteiger charge is 2.17. The second kappa shape index (κ2) is 8.89. The van der Waals surface area contributed by atoms with Gasteiger partial charge in [0.15, 0.2) is 0 Å². The van der Waals surface area contributed by atoms with Gasteiger partial charge in [-0.15, -0.1) is 0 Å². The second-order valence-electron chi connectivity index (χ2n) is 8.08. The van der Waals surface area contributed by atoms with E-state index in [1.54, 1.807) is 12.4 Å². The van der Waals surface area contributed by atoms with E-state index >= 15 is 0 Å². The minimum atomic E-state index is 0.719. The molecule has 3 aromatic heterocycles. The largest absolute Gasteiger partial charge is 0.353 e. The molecule has 0 aliphatic carbocycles. The number of fused-ring (bicyclic) bond motifs is 1. The van der Waals surface area contributed by atoms with Crippen molar-refractivity contribution < 1.29 is 0 Å². The molecule has 32 heavy (non-hydrogen) atoms. The van der Waals surface area contributed by atoms with E-state index in [2.05, 4.69) is 64.5 Å². The van der Waals surface area contributed by atoms with E-state index in [-0.39, 0.29) is 0 Å². The van der Waals surface area contributed by atoms with E-state index in [1.807, 2.05) is 24.4 Å². The van der Waals surface area contributed by atoms with Crippen LogP contribution < -0.4 is 5.32 Å². The highest BCUT2D eigenvalue weighted by Crippen LogP contribution is 2.29. The number of pyridine rings is 2. The van der Waals surface area contributed by atoms with Gasteiger partial charge in [0.25, 0.3) is 0 Å². The van der Waals surface area contributed by atoms with Crippen molar-refractivity contribution in [3.8, 4) is 11.3 Å². The number of hydrogen-bond acceptors (Lipinski definition) is 4. The zero-order valence-corrected chi connectivity index (χ0v) is 18.5. The summed E-state index contributed by atoms with van der Waals surface area (Å²) >= 11 is 0. The van der Waals surface area contributed by atoms with Crippen LogP contribution in [0.2, 0.25) is 0 Å². The second-order valence-corrected chi connectivity index (χ2v) is 8.08. The van der Waals surface area contributed by atoms with Gasteiger partial charge in [0.1, 0.15) is 0 Å². The first kappa shape index (κ1) is 20.3. The average molecular weight is 422 g/mol. The Kier molecular flexibility index (Phi) is 5.65. The Morgan fingerprint density at radius 2 is 1.91 bits per heavy atom. The van der Waals surface area contributed by atoms with Crippen molar-refractivity contribution >= 4 is 22.2 Å². The summed E-state index contributed by atoms with van der Waals surface area (Å²) in [7, 11) is 0. The first-order valence-electron chi connectivity index (χ1n) is 11.2. The van der Waals surface area contributed by atoms with Gasteiger partial charge >= 0.3 is 0 Å². The van der Waals surface area contributed by atoms with Crippen LogP contribution in [0.4, 0.5) is 0 Å². The molecule has 4 aromatic rings. The van der Waals surface area contributed by atoms with Crippen molar-refractivity contribution in [1.82, 2.24) is 20.3 Å². The molecule has 0 radical (unpaired) electrons. The summed E-state index contributed by atoms with van der Waals surface area (Å²) in [4.78, 5) is 17.3. The van der Waals surface area contributed by atoms with Crippen LogP contribution in [0.5, 0.6) is 0 Å². The van der Waals surface area contributed by atoms with E-state index in [9.17, 15) is 0 Å². The first-order chi connectivity index (χ1) is 15.7. The van der Waals surface area contributed by atoms with Crippen LogP contribution >= 0.6 is 0 Å². The Balaban J connectivity index is 1.63. The fourth-order valence-electron chi connectivity index (χ4n) is 4.36. The Hall–Kier alpha value is -3.57. The molecular formula is C27H27N5. The summed E-state index contributed by atoms with van der Waals surface area (Å²) < 4.78 is 0. The molecule has 5 rings (SSSR count). The van der Waals surface area contributed by atoms with Crippen LogP contribution in [0.3, 0.4) is 0 Å². The summed E-state index contributed by atoms with van der Waals surface area (Å²) in [6.07, 6.45) is 8.81. The average Bonchev–Trinajstić information content (AvgIpc) is 3.28. The predicted molar refractivity (Wildman–Crippen MR) is 132 cm³/mol. The molecule has 1 aliphatic heterocycles. The number of rotatable bonds is 5. The summed E-state index contributed by atoms with van der Waals surface area (Å²) in [6, 6.07) is 14.9. The molecule has 160 valence electrons. The van der Waals surface area contributed by atoms with Crippen molar-refractivity contribution in [3.05, 3.63) is 89.5 Å². The first-order valence-corrected chi connectivity index (χ1v) is 11.2. The lowest BCUT2D eigenvalue weighted by Crippen LogP contribution is -2.20. The van der Waals surface area contributed by atoms with Crippen molar-refractivity contribution in [2.75, 3.05) is 19.6 Å². The number of aryl methyl sites for hydroxylation is 1. The molecule has 4 heterocycles. The van der Waals surface area contributed by atoms with Crippen LogP contribution in [0, 0.1) is 6.92 Å².